The molecule has 2 aromatic carbocycles. The molecule has 0 saturated heterocycles. The fraction of sp³-hybridized carbons (Fsp3) is 0.318. The molecular weight excluding hydrogens is 344 g/mol. The molecule has 1 atom stereocenters. The number of halogens is 1. The highest BCUT2D eigenvalue weighted by Gasteiger charge is 2.38. The molecule has 26 heavy (non-hydrogen) atoms. The van der Waals surface area contributed by atoms with Gasteiger partial charge in [-0.15, -0.1) is 0 Å². The molecular formula is C22H23ClN2O. The van der Waals surface area contributed by atoms with E-state index in [9.17, 15) is 4.79 Å². The lowest BCUT2D eigenvalue weighted by Gasteiger charge is -2.34. The number of fused-ring (bicyclic) bond motifs is 1. The van der Waals surface area contributed by atoms with Crippen molar-refractivity contribution in [1.82, 2.24) is 0 Å². The number of Topliss-reactive ketones (excluding diaryl/α,β-unsaturated/α-hetero) is 1. The van der Waals surface area contributed by atoms with Crippen LogP contribution in [0.4, 0.5) is 11.4 Å². The highest BCUT2D eigenvalue weighted by Crippen LogP contribution is 2.45. The van der Waals surface area contributed by atoms with Crippen LogP contribution < -0.4 is 10.6 Å². The molecule has 1 aliphatic carbocycles. The monoisotopic (exact) mass is 366 g/mol. The first-order valence-corrected chi connectivity index (χ1v) is 9.36. The Balaban J connectivity index is 1.88. The molecule has 3 nitrogen and oxygen atoms in total. The van der Waals surface area contributed by atoms with Crippen molar-refractivity contribution in [2.45, 2.75) is 39.7 Å². The number of nitrogens with one attached hydrogen (secondary N) is 2. The SMILES string of the molecule is Cc1ccc2c(c1)N[C@H](c1ccc(Cl)cc1)C1=C(CC(C)(C)CC1=O)N2. The van der Waals surface area contributed by atoms with E-state index in [1.165, 1.54) is 5.56 Å². The number of rotatable bonds is 1. The van der Waals surface area contributed by atoms with Crippen LogP contribution in [0.15, 0.2) is 53.7 Å². The van der Waals surface area contributed by atoms with E-state index in [1.807, 2.05) is 24.3 Å². The minimum absolute atomic E-state index is 0.0390. The van der Waals surface area contributed by atoms with Crippen molar-refractivity contribution < 1.29 is 4.79 Å². The van der Waals surface area contributed by atoms with E-state index in [4.69, 9.17) is 11.6 Å². The first kappa shape index (κ1) is 17.2. The average molecular weight is 367 g/mol. The molecule has 1 aliphatic heterocycles. The van der Waals surface area contributed by atoms with Gasteiger partial charge >= 0.3 is 0 Å². The molecule has 2 aromatic rings. The van der Waals surface area contributed by atoms with Gasteiger partial charge in [-0.1, -0.05) is 43.6 Å². The number of benzene rings is 2. The van der Waals surface area contributed by atoms with Gasteiger partial charge < -0.3 is 10.6 Å². The van der Waals surface area contributed by atoms with Crippen LogP contribution in [0.25, 0.3) is 0 Å². The molecule has 0 aromatic heterocycles. The Labute approximate surface area is 159 Å². The van der Waals surface area contributed by atoms with E-state index in [0.29, 0.717) is 11.4 Å². The topological polar surface area (TPSA) is 41.1 Å². The first-order valence-electron chi connectivity index (χ1n) is 8.98. The van der Waals surface area contributed by atoms with Crippen LogP contribution in [0.1, 0.15) is 43.9 Å². The Morgan fingerprint density at radius 3 is 2.50 bits per heavy atom. The number of anilines is 2. The minimum atomic E-state index is -0.179. The van der Waals surface area contributed by atoms with E-state index in [1.54, 1.807) is 0 Å². The number of hydrogen-bond donors (Lipinski definition) is 2. The summed E-state index contributed by atoms with van der Waals surface area (Å²) in [6.45, 7) is 6.38. The third-order valence-electron chi connectivity index (χ3n) is 5.17. The summed E-state index contributed by atoms with van der Waals surface area (Å²) in [6.07, 6.45) is 1.42. The maximum atomic E-state index is 13.1. The molecule has 0 radical (unpaired) electrons. The van der Waals surface area contributed by atoms with Crippen molar-refractivity contribution in [2.24, 2.45) is 5.41 Å². The van der Waals surface area contributed by atoms with Crippen LogP contribution >= 0.6 is 11.6 Å². The van der Waals surface area contributed by atoms with Crippen LogP contribution in [0.5, 0.6) is 0 Å². The van der Waals surface area contributed by atoms with E-state index in [2.05, 4.69) is 49.6 Å². The lowest BCUT2D eigenvalue weighted by Crippen LogP contribution is -2.31. The molecule has 0 amide bonds. The highest BCUT2D eigenvalue weighted by molar-refractivity contribution is 6.30. The Morgan fingerprint density at radius 1 is 1.04 bits per heavy atom. The normalized spacial score (nSPS) is 21.2. The summed E-state index contributed by atoms with van der Waals surface area (Å²) in [6, 6.07) is 13.9. The summed E-state index contributed by atoms with van der Waals surface area (Å²) in [5.41, 5.74) is 6.10. The third kappa shape index (κ3) is 3.12. The molecule has 0 saturated carbocycles. The molecule has 0 fully saturated rings. The zero-order valence-corrected chi connectivity index (χ0v) is 16.1. The van der Waals surface area contributed by atoms with E-state index in [-0.39, 0.29) is 17.2 Å². The number of aryl methyl sites for hydroxylation is 1. The standard InChI is InChI=1S/C22H23ClN2O/c1-13-4-9-16-17(10-13)25-21(14-5-7-15(23)8-6-14)20-18(24-16)11-22(2,3)12-19(20)26/h4-10,21,24-25H,11-12H2,1-3H3/t21-/m1/s1. The van der Waals surface area contributed by atoms with Crippen molar-refractivity contribution in [2.75, 3.05) is 10.6 Å². The molecule has 134 valence electrons. The zero-order valence-electron chi connectivity index (χ0n) is 15.3. The fourth-order valence-corrected chi connectivity index (χ4v) is 4.09. The van der Waals surface area contributed by atoms with Crippen molar-refractivity contribution in [3.63, 3.8) is 0 Å². The first-order chi connectivity index (χ1) is 12.3. The van der Waals surface area contributed by atoms with Crippen molar-refractivity contribution in [3.8, 4) is 0 Å². The van der Waals surface area contributed by atoms with Gasteiger partial charge in [0.1, 0.15) is 0 Å². The predicted molar refractivity (Wildman–Crippen MR) is 108 cm³/mol. The van der Waals surface area contributed by atoms with E-state index in [0.717, 1.165) is 34.6 Å². The summed E-state index contributed by atoms with van der Waals surface area (Å²) in [4.78, 5) is 13.1. The molecule has 1 heterocycles. The van der Waals surface area contributed by atoms with Gasteiger partial charge in [-0.3, -0.25) is 4.79 Å². The highest BCUT2D eigenvalue weighted by atomic mass is 35.5. The second-order valence-electron chi connectivity index (χ2n) is 8.14. The lowest BCUT2D eigenvalue weighted by molar-refractivity contribution is -0.118. The average Bonchev–Trinajstić information content (AvgIpc) is 2.70. The summed E-state index contributed by atoms with van der Waals surface area (Å²) < 4.78 is 0. The van der Waals surface area contributed by atoms with Gasteiger partial charge in [0.15, 0.2) is 5.78 Å². The molecule has 4 rings (SSSR count). The summed E-state index contributed by atoms with van der Waals surface area (Å²) in [7, 11) is 0. The largest absolute Gasteiger partial charge is 0.372 e. The molecule has 0 spiro atoms. The summed E-state index contributed by atoms with van der Waals surface area (Å²) >= 11 is 6.08. The van der Waals surface area contributed by atoms with Crippen LogP contribution in [-0.4, -0.2) is 5.78 Å². The van der Waals surface area contributed by atoms with Crippen molar-refractivity contribution >= 4 is 28.8 Å². The second-order valence-corrected chi connectivity index (χ2v) is 8.57. The van der Waals surface area contributed by atoms with Gasteiger partial charge in [-0.2, -0.15) is 0 Å². The third-order valence-corrected chi connectivity index (χ3v) is 5.42. The number of ketones is 1. The quantitative estimate of drug-likeness (QED) is 0.663. The van der Waals surface area contributed by atoms with Crippen LogP contribution in [0.2, 0.25) is 5.02 Å². The fourth-order valence-electron chi connectivity index (χ4n) is 3.96. The maximum absolute atomic E-state index is 13.1. The van der Waals surface area contributed by atoms with E-state index < -0.39 is 0 Å². The minimum Gasteiger partial charge on any atom is -0.372 e. The lowest BCUT2D eigenvalue weighted by atomic mass is 9.73. The second kappa shape index (κ2) is 6.17. The van der Waals surface area contributed by atoms with Gasteiger partial charge in [0.25, 0.3) is 0 Å². The summed E-state index contributed by atoms with van der Waals surface area (Å²) in [5, 5.41) is 7.86. The number of hydrogen-bond acceptors (Lipinski definition) is 3. The Hall–Kier alpha value is -2.26. The van der Waals surface area contributed by atoms with Crippen LogP contribution in [0, 0.1) is 12.3 Å². The van der Waals surface area contributed by atoms with Gasteiger partial charge in [0, 0.05) is 22.7 Å². The zero-order chi connectivity index (χ0) is 18.5. The molecule has 4 heteroatoms. The Morgan fingerprint density at radius 2 is 1.77 bits per heavy atom. The number of carbonyl (C=O) groups excluding carboxylic acids is 1. The molecule has 2 aliphatic rings. The number of carbonyl (C=O) groups is 1. The number of allylic oxidation sites excluding steroid dienone is 1. The molecule has 0 unspecified atom stereocenters. The smallest absolute Gasteiger partial charge is 0.163 e. The maximum Gasteiger partial charge on any atom is 0.163 e. The predicted octanol–water partition coefficient (Wildman–Crippen LogP) is 5.87. The Kier molecular flexibility index (Phi) is 4.07. The van der Waals surface area contributed by atoms with E-state index >= 15 is 0 Å². The molecule has 2 N–H and O–H groups in total. The van der Waals surface area contributed by atoms with Gasteiger partial charge in [0.2, 0.25) is 0 Å². The summed E-state index contributed by atoms with van der Waals surface area (Å²) in [5.74, 6) is 0.209. The Bertz CT molecular complexity index is 912. The van der Waals surface area contributed by atoms with Gasteiger partial charge in [-0.25, -0.2) is 0 Å². The molecule has 0 bridgehead atoms. The van der Waals surface area contributed by atoms with Crippen LogP contribution in [-0.2, 0) is 4.79 Å². The van der Waals surface area contributed by atoms with Gasteiger partial charge in [0.05, 0.1) is 17.4 Å². The van der Waals surface area contributed by atoms with Crippen LogP contribution in [0.3, 0.4) is 0 Å². The van der Waals surface area contributed by atoms with Crippen molar-refractivity contribution in [1.29, 1.82) is 0 Å². The van der Waals surface area contributed by atoms with Gasteiger partial charge in [-0.05, 0) is 54.2 Å². The van der Waals surface area contributed by atoms with Crippen molar-refractivity contribution in [3.05, 3.63) is 69.9 Å².